The quantitative estimate of drug-likeness (QED) is 0.767. The summed E-state index contributed by atoms with van der Waals surface area (Å²) in [6, 6.07) is 0. The zero-order chi connectivity index (χ0) is 17.4. The van der Waals surface area contributed by atoms with E-state index >= 15 is 0 Å². The van der Waals surface area contributed by atoms with Gasteiger partial charge in [0.1, 0.15) is 5.67 Å². The van der Waals surface area contributed by atoms with Crippen molar-refractivity contribution in [3.63, 3.8) is 0 Å². The molecule has 1 aliphatic rings. The molecule has 21 heavy (non-hydrogen) atoms. The molecule has 0 aliphatic carbocycles. The summed E-state index contributed by atoms with van der Waals surface area (Å²) in [4.78, 5) is 0. The fraction of sp³-hybridized carbons (Fsp3) is 1.00. The van der Waals surface area contributed by atoms with Gasteiger partial charge in [-0.3, -0.25) is 0 Å². The zero-order valence-corrected chi connectivity index (χ0v) is 16.2. The van der Waals surface area contributed by atoms with E-state index in [0.717, 1.165) is 0 Å². The van der Waals surface area contributed by atoms with Crippen molar-refractivity contribution in [1.29, 1.82) is 0 Å². The number of rotatable bonds is 3. The molecule has 5 heteroatoms. The molecule has 0 aromatic heterocycles. The Kier molecular flexibility index (Phi) is 10.8. The van der Waals surface area contributed by atoms with Gasteiger partial charge in [-0.05, 0) is 39.0 Å². The first-order valence-corrected chi connectivity index (χ1v) is 9.74. The lowest BCUT2D eigenvalue weighted by Gasteiger charge is -2.41. The van der Waals surface area contributed by atoms with Gasteiger partial charge in [0.25, 0.3) is 0 Å². The molecule has 0 radical (unpaired) electrons. The van der Waals surface area contributed by atoms with E-state index in [-0.39, 0.29) is 12.5 Å². The molecule has 0 N–H and O–H groups in total. The molecule has 130 valence electrons. The monoisotopic (exact) mass is 325 g/mol. The van der Waals surface area contributed by atoms with Crippen LogP contribution >= 0.6 is 0 Å². The van der Waals surface area contributed by atoms with Crippen molar-refractivity contribution < 1.29 is 12.8 Å². The van der Waals surface area contributed by atoms with Gasteiger partial charge in [-0.25, -0.2) is 12.8 Å². The lowest BCUT2D eigenvalue weighted by atomic mass is 9.82. The first-order chi connectivity index (χ1) is 9.56. The molecule has 1 heterocycles. The van der Waals surface area contributed by atoms with Gasteiger partial charge in [0.15, 0.2) is 0 Å². The molecule has 0 spiro atoms. The number of piperidine rings is 1. The van der Waals surface area contributed by atoms with Gasteiger partial charge in [0.05, 0.1) is 5.25 Å². The molecule has 1 aliphatic heterocycles. The van der Waals surface area contributed by atoms with E-state index in [1.807, 2.05) is 41.5 Å². The largest absolute Gasteiger partial charge is 0.243 e. The molecule has 3 nitrogen and oxygen atoms in total. The molecule has 0 aromatic rings. The number of sulfonamides is 1. The third kappa shape index (κ3) is 7.09. The fourth-order valence-electron chi connectivity index (χ4n) is 2.31. The molecular weight excluding hydrogens is 289 g/mol. The minimum Gasteiger partial charge on any atom is -0.243 e. The lowest BCUT2D eigenvalue weighted by molar-refractivity contribution is 0.0504. The van der Waals surface area contributed by atoms with Crippen molar-refractivity contribution in [2.75, 3.05) is 13.1 Å². The minimum absolute atomic E-state index is 0.00324. The summed E-state index contributed by atoms with van der Waals surface area (Å²) in [5, 5.41) is -0.482. The number of hydrogen-bond donors (Lipinski definition) is 0. The first-order valence-electron chi connectivity index (χ1n) is 8.24. The van der Waals surface area contributed by atoms with Crippen molar-refractivity contribution in [3.8, 4) is 0 Å². The van der Waals surface area contributed by atoms with Crippen LogP contribution in [0.1, 0.15) is 68.7 Å². The van der Waals surface area contributed by atoms with E-state index in [0.29, 0.717) is 18.9 Å². The second-order valence-corrected chi connectivity index (χ2v) is 8.50. The van der Waals surface area contributed by atoms with Crippen LogP contribution in [0.25, 0.3) is 0 Å². The maximum atomic E-state index is 14.2. The molecule has 2 atom stereocenters. The second-order valence-electron chi connectivity index (χ2n) is 6.01. The Morgan fingerprint density at radius 3 is 1.86 bits per heavy atom. The normalized spacial score (nSPS) is 26.8. The van der Waals surface area contributed by atoms with Crippen LogP contribution in [0.4, 0.5) is 4.39 Å². The Morgan fingerprint density at radius 2 is 1.52 bits per heavy atom. The van der Waals surface area contributed by atoms with E-state index in [1.165, 1.54) is 11.2 Å². The van der Waals surface area contributed by atoms with Gasteiger partial charge >= 0.3 is 0 Å². The third-order valence-electron chi connectivity index (χ3n) is 3.53. The minimum atomic E-state index is -3.34. The van der Waals surface area contributed by atoms with Gasteiger partial charge in [-0.2, -0.15) is 4.31 Å². The zero-order valence-electron chi connectivity index (χ0n) is 15.4. The van der Waals surface area contributed by atoms with E-state index in [2.05, 4.69) is 0 Å². The van der Waals surface area contributed by atoms with Gasteiger partial charge in [-0.15, -0.1) is 0 Å². The predicted octanol–water partition coefficient (Wildman–Crippen LogP) is 4.48. The second kappa shape index (κ2) is 9.78. The summed E-state index contributed by atoms with van der Waals surface area (Å²) < 4.78 is 39.8. The average molecular weight is 326 g/mol. The molecule has 0 aromatic carbocycles. The molecule has 1 saturated heterocycles. The van der Waals surface area contributed by atoms with Crippen LogP contribution in [0.2, 0.25) is 0 Å². The van der Waals surface area contributed by atoms with Gasteiger partial charge in [-0.1, -0.05) is 41.5 Å². The van der Waals surface area contributed by atoms with Crippen LogP contribution in [0.3, 0.4) is 0 Å². The van der Waals surface area contributed by atoms with Crippen molar-refractivity contribution in [2.45, 2.75) is 79.7 Å². The summed E-state index contributed by atoms with van der Waals surface area (Å²) >= 11 is 0. The smallest absolute Gasteiger partial charge is 0.216 e. The van der Waals surface area contributed by atoms with Gasteiger partial charge in [0.2, 0.25) is 10.0 Å². The number of nitrogens with zero attached hydrogens (tertiary/aromatic N) is 1. The standard InChI is InChI=1S/C12H24FNO2S.2C2H6/c1-9(2)11-6-12(5,13)8-14(7-11)17(15,16)10(3)4;2*1-2/h9-11H,6-8H2,1-5H3;2*1-2H3. The Morgan fingerprint density at radius 1 is 1.10 bits per heavy atom. The highest BCUT2D eigenvalue weighted by Crippen LogP contribution is 2.34. The number of alkyl halides is 1. The summed E-state index contributed by atoms with van der Waals surface area (Å²) in [7, 11) is -3.34. The maximum Gasteiger partial charge on any atom is 0.216 e. The highest BCUT2D eigenvalue weighted by molar-refractivity contribution is 7.89. The van der Waals surface area contributed by atoms with E-state index in [4.69, 9.17) is 0 Å². The summed E-state index contributed by atoms with van der Waals surface area (Å²) in [6.45, 7) is 17.3. The Labute approximate surface area is 132 Å². The highest BCUT2D eigenvalue weighted by atomic mass is 32.2. The number of halogens is 1. The Balaban J connectivity index is 0. The maximum absolute atomic E-state index is 14.2. The van der Waals surface area contributed by atoms with Crippen LogP contribution in [0.5, 0.6) is 0 Å². The van der Waals surface area contributed by atoms with E-state index < -0.39 is 20.9 Å². The van der Waals surface area contributed by atoms with Crippen LogP contribution in [0.15, 0.2) is 0 Å². The fourth-order valence-corrected chi connectivity index (χ4v) is 3.75. The molecule has 0 bridgehead atoms. The van der Waals surface area contributed by atoms with E-state index in [1.54, 1.807) is 13.8 Å². The van der Waals surface area contributed by atoms with Crippen molar-refractivity contribution in [2.24, 2.45) is 11.8 Å². The van der Waals surface area contributed by atoms with Crippen LogP contribution < -0.4 is 0 Å². The molecule has 1 rings (SSSR count). The van der Waals surface area contributed by atoms with Crippen molar-refractivity contribution >= 4 is 10.0 Å². The van der Waals surface area contributed by atoms with E-state index in [9.17, 15) is 12.8 Å². The van der Waals surface area contributed by atoms with Crippen molar-refractivity contribution in [3.05, 3.63) is 0 Å². The molecular formula is C16H36FNO2S. The Bertz CT molecular complexity index is 364. The molecule has 2 unspecified atom stereocenters. The van der Waals surface area contributed by atoms with Gasteiger partial charge in [0, 0.05) is 13.1 Å². The summed E-state index contributed by atoms with van der Waals surface area (Å²) in [5.41, 5.74) is -1.41. The SMILES string of the molecule is CC.CC.CC(C)C1CN(S(=O)(=O)C(C)C)CC(C)(F)C1. The highest BCUT2D eigenvalue weighted by Gasteiger charge is 2.42. The molecule has 0 saturated carbocycles. The topological polar surface area (TPSA) is 37.4 Å². The first kappa shape index (κ1) is 23.1. The Hall–Kier alpha value is -0.160. The molecule has 0 amide bonds. The van der Waals surface area contributed by atoms with Gasteiger partial charge < -0.3 is 0 Å². The lowest BCUT2D eigenvalue weighted by Crippen LogP contribution is -2.52. The van der Waals surface area contributed by atoms with Crippen LogP contribution in [-0.2, 0) is 10.0 Å². The average Bonchev–Trinajstić information content (AvgIpc) is 2.41. The van der Waals surface area contributed by atoms with Crippen LogP contribution in [0, 0.1) is 11.8 Å². The van der Waals surface area contributed by atoms with Crippen molar-refractivity contribution in [1.82, 2.24) is 4.31 Å². The molecule has 1 fully saturated rings. The third-order valence-corrected chi connectivity index (χ3v) is 5.72. The number of hydrogen-bond acceptors (Lipinski definition) is 2. The van der Waals surface area contributed by atoms with Crippen LogP contribution in [-0.4, -0.2) is 36.7 Å². The predicted molar refractivity (Wildman–Crippen MR) is 90.8 cm³/mol. The summed E-state index contributed by atoms with van der Waals surface area (Å²) in [5.74, 6) is 0.405. The summed E-state index contributed by atoms with van der Waals surface area (Å²) in [6.07, 6.45) is 0.453.